The molecule has 0 aromatic heterocycles. The highest BCUT2D eigenvalue weighted by Gasteiger charge is 2.24. The third kappa shape index (κ3) is 2.69. The van der Waals surface area contributed by atoms with Crippen molar-refractivity contribution in [3.63, 3.8) is 0 Å². The van der Waals surface area contributed by atoms with E-state index in [0.29, 0.717) is 6.04 Å². The van der Waals surface area contributed by atoms with E-state index in [1.54, 1.807) is 0 Å². The van der Waals surface area contributed by atoms with Gasteiger partial charge in [0.15, 0.2) is 0 Å². The number of nitrogens with zero attached hydrogens (tertiary/aromatic N) is 1. The number of aryl methyl sites for hydroxylation is 1. The van der Waals surface area contributed by atoms with Gasteiger partial charge in [0, 0.05) is 18.3 Å². The Morgan fingerprint density at radius 3 is 2.78 bits per heavy atom. The second kappa shape index (κ2) is 5.75. The molecule has 0 amide bonds. The lowest BCUT2D eigenvalue weighted by Gasteiger charge is -2.40. The molecule has 2 N–H and O–H groups in total. The smallest absolute Gasteiger partial charge is 0.0371 e. The summed E-state index contributed by atoms with van der Waals surface area (Å²) >= 11 is 0. The monoisotopic (exact) mass is 246 g/mol. The summed E-state index contributed by atoms with van der Waals surface area (Å²) < 4.78 is 0. The van der Waals surface area contributed by atoms with Gasteiger partial charge in [-0.3, -0.25) is 0 Å². The van der Waals surface area contributed by atoms with E-state index < -0.39 is 0 Å². The van der Waals surface area contributed by atoms with Crippen LogP contribution in [0.2, 0.25) is 0 Å². The van der Waals surface area contributed by atoms with Crippen LogP contribution in [0.3, 0.4) is 0 Å². The first-order valence-electron chi connectivity index (χ1n) is 7.19. The molecule has 2 unspecified atom stereocenters. The van der Waals surface area contributed by atoms with E-state index in [2.05, 4.69) is 43.9 Å². The Kier molecular flexibility index (Phi) is 4.28. The second-order valence-electron chi connectivity index (χ2n) is 5.70. The third-order valence-corrected chi connectivity index (χ3v) is 4.45. The molecular formula is C16H26N2. The molecule has 1 saturated heterocycles. The molecule has 1 aliphatic rings. The van der Waals surface area contributed by atoms with E-state index in [1.165, 1.54) is 36.2 Å². The van der Waals surface area contributed by atoms with E-state index >= 15 is 0 Å². The van der Waals surface area contributed by atoms with Gasteiger partial charge in [-0.2, -0.15) is 0 Å². The zero-order chi connectivity index (χ0) is 13.1. The molecule has 100 valence electrons. The van der Waals surface area contributed by atoms with Gasteiger partial charge in [0.1, 0.15) is 0 Å². The molecule has 1 aromatic rings. The van der Waals surface area contributed by atoms with Crippen molar-refractivity contribution in [2.24, 2.45) is 11.7 Å². The molecule has 0 spiro atoms. The van der Waals surface area contributed by atoms with Crippen molar-refractivity contribution in [1.29, 1.82) is 0 Å². The van der Waals surface area contributed by atoms with Crippen LogP contribution in [0.4, 0.5) is 5.69 Å². The van der Waals surface area contributed by atoms with Crippen LogP contribution in [-0.4, -0.2) is 19.1 Å². The van der Waals surface area contributed by atoms with Crippen LogP contribution >= 0.6 is 0 Å². The maximum atomic E-state index is 5.64. The molecule has 2 heteroatoms. The quantitative estimate of drug-likeness (QED) is 0.888. The maximum Gasteiger partial charge on any atom is 0.0371 e. The fourth-order valence-electron chi connectivity index (χ4n) is 2.99. The Hall–Kier alpha value is -1.02. The van der Waals surface area contributed by atoms with Gasteiger partial charge in [-0.1, -0.05) is 13.0 Å². The van der Waals surface area contributed by atoms with Gasteiger partial charge in [-0.15, -0.1) is 0 Å². The van der Waals surface area contributed by atoms with Gasteiger partial charge in [0.05, 0.1) is 0 Å². The maximum absolute atomic E-state index is 5.64. The lowest BCUT2D eigenvalue weighted by atomic mass is 9.91. The minimum Gasteiger partial charge on any atom is -0.369 e. The minimum absolute atomic E-state index is 0.651. The van der Waals surface area contributed by atoms with Gasteiger partial charge in [-0.25, -0.2) is 0 Å². The first-order chi connectivity index (χ1) is 8.63. The largest absolute Gasteiger partial charge is 0.369 e. The zero-order valence-electron chi connectivity index (χ0n) is 11.9. The predicted octanol–water partition coefficient (Wildman–Crippen LogP) is 3.12. The number of hydrogen-bond acceptors (Lipinski definition) is 2. The summed E-state index contributed by atoms with van der Waals surface area (Å²) in [7, 11) is 0. The van der Waals surface area contributed by atoms with E-state index in [9.17, 15) is 0 Å². The van der Waals surface area contributed by atoms with Crippen molar-refractivity contribution in [3.8, 4) is 0 Å². The predicted molar refractivity (Wildman–Crippen MR) is 79.1 cm³/mol. The lowest BCUT2D eigenvalue weighted by molar-refractivity contribution is 0.363. The van der Waals surface area contributed by atoms with Gasteiger partial charge in [0.2, 0.25) is 0 Å². The average molecular weight is 246 g/mol. The average Bonchev–Trinajstić information content (AvgIpc) is 2.35. The molecule has 0 bridgehead atoms. The van der Waals surface area contributed by atoms with Gasteiger partial charge >= 0.3 is 0 Å². The van der Waals surface area contributed by atoms with Crippen molar-refractivity contribution < 1.29 is 0 Å². The molecule has 0 saturated carbocycles. The number of anilines is 1. The Balaban J connectivity index is 2.20. The number of nitrogens with two attached hydrogens (primary N) is 1. The van der Waals surface area contributed by atoms with Crippen molar-refractivity contribution >= 4 is 5.69 Å². The molecule has 1 aliphatic heterocycles. The van der Waals surface area contributed by atoms with Crippen LogP contribution in [0.1, 0.15) is 37.8 Å². The zero-order valence-corrected chi connectivity index (χ0v) is 11.9. The SMILES string of the molecule is Cc1cc(N2CCCC(C)C2C)ccc1CCN. The Labute approximate surface area is 111 Å². The molecule has 2 atom stereocenters. The summed E-state index contributed by atoms with van der Waals surface area (Å²) in [6.45, 7) is 8.85. The normalized spacial score (nSPS) is 24.3. The molecule has 0 radical (unpaired) electrons. The Morgan fingerprint density at radius 1 is 1.33 bits per heavy atom. The molecule has 2 nitrogen and oxygen atoms in total. The summed E-state index contributed by atoms with van der Waals surface area (Å²) in [5, 5.41) is 0. The van der Waals surface area contributed by atoms with Gasteiger partial charge in [-0.05, 0) is 68.8 Å². The van der Waals surface area contributed by atoms with E-state index in [4.69, 9.17) is 5.73 Å². The Bertz CT molecular complexity index is 400. The number of piperidine rings is 1. The highest BCUT2D eigenvalue weighted by atomic mass is 15.2. The fraction of sp³-hybridized carbons (Fsp3) is 0.625. The van der Waals surface area contributed by atoms with Crippen molar-refractivity contribution in [1.82, 2.24) is 0 Å². The van der Waals surface area contributed by atoms with Gasteiger partial charge < -0.3 is 10.6 Å². The van der Waals surface area contributed by atoms with Crippen LogP contribution in [0.25, 0.3) is 0 Å². The van der Waals surface area contributed by atoms with Crippen LogP contribution in [0.5, 0.6) is 0 Å². The van der Waals surface area contributed by atoms with E-state index in [-0.39, 0.29) is 0 Å². The highest BCUT2D eigenvalue weighted by molar-refractivity contribution is 5.52. The Morgan fingerprint density at radius 2 is 2.11 bits per heavy atom. The number of rotatable bonds is 3. The third-order valence-electron chi connectivity index (χ3n) is 4.45. The van der Waals surface area contributed by atoms with Crippen LogP contribution in [-0.2, 0) is 6.42 Å². The lowest BCUT2D eigenvalue weighted by Crippen LogP contribution is -2.42. The summed E-state index contributed by atoms with van der Waals surface area (Å²) in [4.78, 5) is 2.56. The summed E-state index contributed by atoms with van der Waals surface area (Å²) in [6.07, 6.45) is 3.66. The number of hydrogen-bond donors (Lipinski definition) is 1. The highest BCUT2D eigenvalue weighted by Crippen LogP contribution is 2.29. The second-order valence-corrected chi connectivity index (χ2v) is 5.70. The van der Waals surface area contributed by atoms with Crippen molar-refractivity contribution in [3.05, 3.63) is 29.3 Å². The van der Waals surface area contributed by atoms with Crippen molar-refractivity contribution in [2.75, 3.05) is 18.0 Å². The first kappa shape index (κ1) is 13.4. The molecule has 1 fully saturated rings. The first-order valence-corrected chi connectivity index (χ1v) is 7.19. The molecule has 0 aliphatic carbocycles. The molecule has 2 rings (SSSR count). The van der Waals surface area contributed by atoms with Crippen LogP contribution in [0.15, 0.2) is 18.2 Å². The van der Waals surface area contributed by atoms with Crippen molar-refractivity contribution in [2.45, 2.75) is 46.1 Å². The summed E-state index contributed by atoms with van der Waals surface area (Å²) in [6, 6.07) is 7.51. The molecule has 18 heavy (non-hydrogen) atoms. The summed E-state index contributed by atoms with van der Waals surface area (Å²) in [5.41, 5.74) is 9.79. The van der Waals surface area contributed by atoms with Crippen LogP contribution in [0, 0.1) is 12.8 Å². The van der Waals surface area contributed by atoms with E-state index in [0.717, 1.165) is 18.9 Å². The molecule has 1 heterocycles. The van der Waals surface area contributed by atoms with Gasteiger partial charge in [0.25, 0.3) is 0 Å². The van der Waals surface area contributed by atoms with E-state index in [1.807, 2.05) is 0 Å². The molecule has 1 aromatic carbocycles. The standard InChI is InChI=1S/C16H26N2/c1-12-5-4-10-18(14(12)3)16-7-6-15(8-9-17)13(2)11-16/h6-7,11-12,14H,4-5,8-10,17H2,1-3H3. The number of benzene rings is 1. The topological polar surface area (TPSA) is 29.3 Å². The fourth-order valence-corrected chi connectivity index (χ4v) is 2.99. The van der Waals surface area contributed by atoms with Crippen LogP contribution < -0.4 is 10.6 Å². The summed E-state index contributed by atoms with van der Waals surface area (Å²) in [5.74, 6) is 0.794. The molecular weight excluding hydrogens is 220 g/mol. The minimum atomic E-state index is 0.651.